The van der Waals surface area contributed by atoms with E-state index in [1.165, 1.54) is 16.9 Å². The number of hydrogen-bond acceptors (Lipinski definition) is 5. The van der Waals surface area contributed by atoms with Crippen LogP contribution in [0.3, 0.4) is 0 Å². The van der Waals surface area contributed by atoms with E-state index in [9.17, 15) is 0 Å². The van der Waals surface area contributed by atoms with E-state index >= 15 is 0 Å². The molecule has 0 bridgehead atoms. The van der Waals surface area contributed by atoms with Crippen LogP contribution in [-0.2, 0) is 12.8 Å². The number of fused-ring (bicyclic) bond motifs is 3. The minimum absolute atomic E-state index is 0.396. The van der Waals surface area contributed by atoms with Crippen molar-refractivity contribution in [1.29, 1.82) is 0 Å². The van der Waals surface area contributed by atoms with Crippen LogP contribution in [0.4, 0.5) is 5.82 Å². The summed E-state index contributed by atoms with van der Waals surface area (Å²) in [7, 11) is 0. The Kier molecular flexibility index (Phi) is 2.21. The van der Waals surface area contributed by atoms with Crippen LogP contribution < -0.4 is 10.5 Å². The van der Waals surface area contributed by atoms with Gasteiger partial charge in [-0.1, -0.05) is 0 Å². The molecule has 0 amide bonds. The molecule has 3 rings (SSSR count). The lowest BCUT2D eigenvalue weighted by atomic mass is 10.2. The van der Waals surface area contributed by atoms with E-state index in [0.29, 0.717) is 18.4 Å². The van der Waals surface area contributed by atoms with Gasteiger partial charge in [0.1, 0.15) is 10.6 Å². The fourth-order valence-electron chi connectivity index (χ4n) is 2.20. The second-order valence-corrected chi connectivity index (χ2v) is 4.95. The highest BCUT2D eigenvalue weighted by Crippen LogP contribution is 2.39. The van der Waals surface area contributed by atoms with Gasteiger partial charge in [-0.3, -0.25) is 0 Å². The summed E-state index contributed by atoms with van der Waals surface area (Å²) in [6.45, 7) is 2.48. The Morgan fingerprint density at radius 2 is 2.25 bits per heavy atom. The average Bonchev–Trinajstić information content (AvgIpc) is 2.76. The molecule has 1 aliphatic rings. The zero-order valence-electron chi connectivity index (χ0n) is 9.12. The van der Waals surface area contributed by atoms with Crippen LogP contribution in [-0.4, -0.2) is 16.6 Å². The molecule has 0 saturated carbocycles. The highest BCUT2D eigenvalue weighted by molar-refractivity contribution is 7.19. The summed E-state index contributed by atoms with van der Waals surface area (Å²) >= 11 is 1.73. The Bertz CT molecular complexity index is 550. The van der Waals surface area contributed by atoms with Crippen molar-refractivity contribution in [2.75, 3.05) is 12.3 Å². The number of nitrogens with two attached hydrogens (primary N) is 1. The zero-order chi connectivity index (χ0) is 11.1. The van der Waals surface area contributed by atoms with Crippen LogP contribution in [0.5, 0.6) is 6.01 Å². The molecule has 2 aromatic rings. The van der Waals surface area contributed by atoms with E-state index in [0.717, 1.165) is 23.1 Å². The summed E-state index contributed by atoms with van der Waals surface area (Å²) in [6, 6.07) is 0.396. The molecule has 0 unspecified atom stereocenters. The molecule has 0 aromatic carbocycles. The lowest BCUT2D eigenvalue weighted by molar-refractivity contribution is 0.314. The van der Waals surface area contributed by atoms with Crippen molar-refractivity contribution in [3.63, 3.8) is 0 Å². The zero-order valence-corrected chi connectivity index (χ0v) is 9.93. The largest absolute Gasteiger partial charge is 0.464 e. The predicted octanol–water partition coefficient (Wildman–Crippen LogP) is 2.16. The second kappa shape index (κ2) is 3.59. The molecule has 2 heterocycles. The molecule has 0 atom stereocenters. The normalized spacial score (nSPS) is 14.3. The van der Waals surface area contributed by atoms with Crippen molar-refractivity contribution in [1.82, 2.24) is 9.97 Å². The van der Waals surface area contributed by atoms with Gasteiger partial charge >= 0.3 is 6.01 Å². The summed E-state index contributed by atoms with van der Waals surface area (Å²) in [5.41, 5.74) is 7.34. The van der Waals surface area contributed by atoms with Crippen molar-refractivity contribution in [3.05, 3.63) is 10.4 Å². The topological polar surface area (TPSA) is 61.0 Å². The van der Waals surface area contributed by atoms with Crippen molar-refractivity contribution in [2.45, 2.75) is 26.2 Å². The van der Waals surface area contributed by atoms with Gasteiger partial charge in [0.15, 0.2) is 0 Å². The lowest BCUT2D eigenvalue weighted by Gasteiger charge is -2.03. The molecule has 0 fully saturated rings. The van der Waals surface area contributed by atoms with Gasteiger partial charge in [-0.15, -0.1) is 11.3 Å². The molecule has 0 aliphatic heterocycles. The Balaban J connectivity index is 2.22. The van der Waals surface area contributed by atoms with E-state index in [2.05, 4.69) is 9.97 Å². The summed E-state index contributed by atoms with van der Waals surface area (Å²) < 4.78 is 5.30. The Morgan fingerprint density at radius 3 is 3.06 bits per heavy atom. The number of ether oxygens (including phenoxy) is 1. The summed E-state index contributed by atoms with van der Waals surface area (Å²) in [5.74, 6) is 0.563. The third-order valence-corrected chi connectivity index (χ3v) is 4.03. The molecule has 1 aliphatic carbocycles. The third-order valence-electron chi connectivity index (χ3n) is 2.85. The van der Waals surface area contributed by atoms with Gasteiger partial charge in [-0.25, -0.2) is 0 Å². The highest BCUT2D eigenvalue weighted by atomic mass is 32.1. The number of rotatable bonds is 2. The average molecular weight is 235 g/mol. The van der Waals surface area contributed by atoms with E-state index in [1.807, 2.05) is 6.92 Å². The molecule has 2 N–H and O–H groups in total. The van der Waals surface area contributed by atoms with E-state index in [4.69, 9.17) is 10.5 Å². The predicted molar refractivity (Wildman–Crippen MR) is 65.0 cm³/mol. The van der Waals surface area contributed by atoms with Crippen LogP contribution in [0.25, 0.3) is 10.2 Å². The first kappa shape index (κ1) is 9.84. The lowest BCUT2D eigenvalue weighted by Crippen LogP contribution is -2.01. The number of hydrogen-bond donors (Lipinski definition) is 1. The van der Waals surface area contributed by atoms with Crippen LogP contribution in [0.15, 0.2) is 0 Å². The van der Waals surface area contributed by atoms with Gasteiger partial charge in [0.25, 0.3) is 0 Å². The minimum atomic E-state index is 0.396. The van der Waals surface area contributed by atoms with Gasteiger partial charge in [0.05, 0.1) is 12.0 Å². The first-order chi connectivity index (χ1) is 7.79. The summed E-state index contributed by atoms with van der Waals surface area (Å²) in [4.78, 5) is 11.0. The van der Waals surface area contributed by atoms with E-state index < -0.39 is 0 Å². The number of anilines is 1. The molecule has 0 spiro atoms. The molecular weight excluding hydrogens is 222 g/mol. The third kappa shape index (κ3) is 1.35. The summed E-state index contributed by atoms with van der Waals surface area (Å²) in [5, 5.41) is 1.06. The molecular formula is C11H13N3OS. The van der Waals surface area contributed by atoms with Gasteiger partial charge in [-0.05, 0) is 31.7 Å². The maximum Gasteiger partial charge on any atom is 0.319 e. The van der Waals surface area contributed by atoms with Crippen LogP contribution in [0.2, 0.25) is 0 Å². The number of nitrogen functional groups attached to an aromatic ring is 1. The first-order valence-corrected chi connectivity index (χ1v) is 6.31. The maximum atomic E-state index is 5.98. The highest BCUT2D eigenvalue weighted by Gasteiger charge is 2.21. The number of aromatic nitrogens is 2. The van der Waals surface area contributed by atoms with Crippen molar-refractivity contribution < 1.29 is 4.74 Å². The fourth-order valence-corrected chi connectivity index (χ4v) is 3.46. The molecule has 0 radical (unpaired) electrons. The van der Waals surface area contributed by atoms with Gasteiger partial charge < -0.3 is 10.5 Å². The smallest absolute Gasteiger partial charge is 0.319 e. The van der Waals surface area contributed by atoms with Crippen molar-refractivity contribution in [2.24, 2.45) is 0 Å². The van der Waals surface area contributed by atoms with Crippen molar-refractivity contribution >= 4 is 27.4 Å². The quantitative estimate of drug-likeness (QED) is 0.866. The minimum Gasteiger partial charge on any atom is -0.464 e. The van der Waals surface area contributed by atoms with Gasteiger partial charge in [0, 0.05) is 4.88 Å². The Labute approximate surface area is 97.5 Å². The Morgan fingerprint density at radius 1 is 1.38 bits per heavy atom. The first-order valence-electron chi connectivity index (χ1n) is 5.50. The molecule has 16 heavy (non-hydrogen) atoms. The number of nitrogens with zero attached hydrogens (tertiary/aromatic N) is 2. The van der Waals surface area contributed by atoms with E-state index in [1.54, 1.807) is 11.3 Å². The maximum absolute atomic E-state index is 5.98. The number of aryl methyl sites for hydroxylation is 2. The van der Waals surface area contributed by atoms with Crippen LogP contribution >= 0.6 is 11.3 Å². The monoisotopic (exact) mass is 235 g/mol. The van der Waals surface area contributed by atoms with Crippen LogP contribution in [0.1, 0.15) is 23.8 Å². The number of thiophene rings is 1. The fraction of sp³-hybridized carbons (Fsp3) is 0.455. The van der Waals surface area contributed by atoms with Gasteiger partial charge in [-0.2, -0.15) is 9.97 Å². The van der Waals surface area contributed by atoms with Crippen LogP contribution in [0, 0.1) is 0 Å². The Hall–Kier alpha value is -1.36. The second-order valence-electron chi connectivity index (χ2n) is 3.86. The molecule has 5 heteroatoms. The molecule has 2 aromatic heterocycles. The standard InChI is InChI=1S/C11H13N3OS/c1-2-15-11-13-9(12)8-6-4-3-5-7(6)16-10(8)14-11/h2-5H2,1H3,(H2,12,13,14). The molecule has 84 valence electrons. The molecule has 0 saturated heterocycles. The van der Waals surface area contributed by atoms with Gasteiger partial charge in [0.2, 0.25) is 0 Å². The summed E-state index contributed by atoms with van der Waals surface area (Å²) in [6.07, 6.45) is 3.49. The SMILES string of the molecule is CCOc1nc(N)c2c3c(sc2n1)CCC3. The van der Waals surface area contributed by atoms with E-state index in [-0.39, 0.29) is 0 Å². The molecule has 4 nitrogen and oxygen atoms in total. The van der Waals surface area contributed by atoms with Crippen molar-refractivity contribution in [3.8, 4) is 6.01 Å².